The van der Waals surface area contributed by atoms with Gasteiger partial charge in [-0.25, -0.2) is 0 Å². The molecule has 0 bridgehead atoms. The highest BCUT2D eigenvalue weighted by Gasteiger charge is 2.05. The lowest BCUT2D eigenvalue weighted by Gasteiger charge is -2.13. The summed E-state index contributed by atoms with van der Waals surface area (Å²) < 4.78 is 1.90. The second-order valence-electron chi connectivity index (χ2n) is 4.66. The number of hydrogen-bond acceptors (Lipinski definition) is 4. The minimum Gasteiger partial charge on any atom is -0.399 e. The van der Waals surface area contributed by atoms with Crippen molar-refractivity contribution in [3.05, 3.63) is 36.4 Å². The molecule has 0 aliphatic carbocycles. The summed E-state index contributed by atoms with van der Waals surface area (Å²) in [6.07, 6.45) is 5.53. The van der Waals surface area contributed by atoms with E-state index in [9.17, 15) is 0 Å². The highest BCUT2D eigenvalue weighted by atomic mass is 15.2. The van der Waals surface area contributed by atoms with Crippen LogP contribution in [0.4, 0.5) is 5.69 Å². The molecule has 5 nitrogen and oxygen atoms in total. The predicted molar refractivity (Wildman–Crippen MR) is 72.6 cm³/mol. The Labute approximate surface area is 107 Å². The summed E-state index contributed by atoms with van der Waals surface area (Å²) in [5.41, 5.74) is 8.95. The zero-order valence-electron chi connectivity index (χ0n) is 10.9. The first-order valence-electron chi connectivity index (χ1n) is 6.05. The van der Waals surface area contributed by atoms with Gasteiger partial charge in [0, 0.05) is 5.69 Å². The quantitative estimate of drug-likeness (QED) is 0.808. The van der Waals surface area contributed by atoms with Gasteiger partial charge in [0.05, 0.1) is 5.69 Å². The third-order valence-electron chi connectivity index (χ3n) is 2.86. The van der Waals surface area contributed by atoms with Gasteiger partial charge >= 0.3 is 0 Å². The fourth-order valence-corrected chi connectivity index (χ4v) is 1.94. The van der Waals surface area contributed by atoms with Crippen LogP contribution in [0.3, 0.4) is 0 Å². The third-order valence-corrected chi connectivity index (χ3v) is 2.86. The van der Waals surface area contributed by atoms with Gasteiger partial charge in [-0.2, -0.15) is 0 Å². The van der Waals surface area contributed by atoms with Gasteiger partial charge in [0.25, 0.3) is 0 Å². The minimum atomic E-state index is 0.759. The first-order chi connectivity index (χ1) is 8.66. The van der Waals surface area contributed by atoms with Crippen LogP contribution in [0.1, 0.15) is 12.0 Å². The van der Waals surface area contributed by atoms with Crippen molar-refractivity contribution < 1.29 is 0 Å². The van der Waals surface area contributed by atoms with Crippen LogP contribution in [0, 0.1) is 0 Å². The fraction of sp³-hybridized carbons (Fsp3) is 0.385. The molecule has 0 fully saturated rings. The second kappa shape index (κ2) is 5.64. The second-order valence-corrected chi connectivity index (χ2v) is 4.66. The molecular formula is C13H19N5. The highest BCUT2D eigenvalue weighted by molar-refractivity contribution is 5.52. The summed E-state index contributed by atoms with van der Waals surface area (Å²) >= 11 is 0. The molecule has 1 heterocycles. The molecule has 0 amide bonds. The lowest BCUT2D eigenvalue weighted by Crippen LogP contribution is -2.14. The van der Waals surface area contributed by atoms with Crippen LogP contribution in [-0.2, 0) is 6.42 Å². The molecule has 18 heavy (non-hydrogen) atoms. The molecule has 1 aromatic heterocycles. The number of nitrogens with two attached hydrogens (primary N) is 1. The predicted octanol–water partition coefficient (Wildman–Crippen LogP) is 1.34. The summed E-state index contributed by atoms with van der Waals surface area (Å²) in [6.45, 7) is 1.08. The zero-order valence-corrected chi connectivity index (χ0v) is 10.9. The number of aryl methyl sites for hydroxylation is 1. The Bertz CT molecular complexity index is 490. The number of benzene rings is 1. The molecule has 0 unspecified atom stereocenters. The van der Waals surface area contributed by atoms with E-state index in [4.69, 9.17) is 5.73 Å². The van der Waals surface area contributed by atoms with Crippen LogP contribution < -0.4 is 5.73 Å². The molecule has 0 saturated heterocycles. The van der Waals surface area contributed by atoms with E-state index in [-0.39, 0.29) is 0 Å². The van der Waals surface area contributed by atoms with E-state index < -0.39 is 0 Å². The van der Waals surface area contributed by atoms with Crippen molar-refractivity contribution in [2.75, 3.05) is 26.4 Å². The normalized spacial score (nSPS) is 11.1. The van der Waals surface area contributed by atoms with Crippen molar-refractivity contribution in [2.24, 2.45) is 0 Å². The monoisotopic (exact) mass is 245 g/mol. The first-order valence-corrected chi connectivity index (χ1v) is 6.05. The Morgan fingerprint density at radius 1 is 1.22 bits per heavy atom. The lowest BCUT2D eigenvalue weighted by atomic mass is 10.1. The molecule has 0 saturated carbocycles. The average molecular weight is 245 g/mol. The lowest BCUT2D eigenvalue weighted by molar-refractivity contribution is 0.400. The van der Waals surface area contributed by atoms with Crippen LogP contribution in [-0.4, -0.2) is 40.3 Å². The summed E-state index contributed by atoms with van der Waals surface area (Å²) in [5, 5.41) is 7.68. The number of nitrogen functional groups attached to an aromatic ring is 1. The maximum absolute atomic E-state index is 5.85. The zero-order chi connectivity index (χ0) is 13.0. The van der Waals surface area contributed by atoms with Gasteiger partial charge in [0.15, 0.2) is 0 Å². The van der Waals surface area contributed by atoms with Gasteiger partial charge in [-0.3, -0.25) is 4.57 Å². The smallest absolute Gasteiger partial charge is 0.123 e. The van der Waals surface area contributed by atoms with E-state index >= 15 is 0 Å². The van der Waals surface area contributed by atoms with Crippen LogP contribution >= 0.6 is 0 Å². The molecule has 0 aliphatic heterocycles. The fourth-order valence-electron chi connectivity index (χ4n) is 1.94. The number of hydrogen-bond donors (Lipinski definition) is 1. The van der Waals surface area contributed by atoms with E-state index in [1.54, 1.807) is 12.7 Å². The molecule has 0 radical (unpaired) electrons. The summed E-state index contributed by atoms with van der Waals surface area (Å²) in [4.78, 5) is 2.19. The molecule has 2 aromatic rings. The summed E-state index contributed by atoms with van der Waals surface area (Å²) in [5.74, 6) is 0. The molecule has 0 aliphatic rings. The Kier molecular flexibility index (Phi) is 3.94. The molecular weight excluding hydrogens is 226 g/mol. The summed E-state index contributed by atoms with van der Waals surface area (Å²) in [6, 6.07) is 5.99. The Balaban J connectivity index is 2.19. The van der Waals surface area contributed by atoms with Crippen molar-refractivity contribution in [3.63, 3.8) is 0 Å². The van der Waals surface area contributed by atoms with E-state index in [2.05, 4.69) is 35.3 Å². The van der Waals surface area contributed by atoms with E-state index in [0.717, 1.165) is 30.8 Å². The van der Waals surface area contributed by atoms with Crippen molar-refractivity contribution in [2.45, 2.75) is 12.8 Å². The van der Waals surface area contributed by atoms with Gasteiger partial charge < -0.3 is 10.6 Å². The number of nitrogens with zero attached hydrogens (tertiary/aromatic N) is 4. The van der Waals surface area contributed by atoms with E-state index in [0.29, 0.717) is 0 Å². The van der Waals surface area contributed by atoms with Gasteiger partial charge in [-0.05, 0) is 51.2 Å². The molecule has 2 N–H and O–H groups in total. The molecule has 1 aromatic carbocycles. The molecule has 5 heteroatoms. The van der Waals surface area contributed by atoms with Crippen LogP contribution in [0.25, 0.3) is 5.69 Å². The number of aromatic nitrogens is 3. The van der Waals surface area contributed by atoms with Crippen molar-refractivity contribution in [1.82, 2.24) is 19.7 Å². The SMILES string of the molecule is CN(C)CCCc1ccc(N)cc1-n1cnnc1. The molecule has 2 rings (SSSR count). The maximum Gasteiger partial charge on any atom is 0.123 e. The topological polar surface area (TPSA) is 60.0 Å². The van der Waals surface area contributed by atoms with E-state index in [1.807, 2.05) is 16.7 Å². The first kappa shape index (κ1) is 12.6. The van der Waals surface area contributed by atoms with Gasteiger partial charge in [-0.1, -0.05) is 6.07 Å². The van der Waals surface area contributed by atoms with Crippen molar-refractivity contribution in [3.8, 4) is 5.69 Å². The average Bonchev–Trinajstić information content (AvgIpc) is 2.84. The maximum atomic E-state index is 5.85. The largest absolute Gasteiger partial charge is 0.399 e. The standard InChI is InChI=1S/C13H19N5/c1-17(2)7-3-4-11-5-6-12(14)8-13(11)18-9-15-16-10-18/h5-6,8-10H,3-4,7,14H2,1-2H3. The van der Waals surface area contributed by atoms with Crippen LogP contribution in [0.5, 0.6) is 0 Å². The molecule has 0 atom stereocenters. The van der Waals surface area contributed by atoms with Gasteiger partial charge in [0.2, 0.25) is 0 Å². The highest BCUT2D eigenvalue weighted by Crippen LogP contribution is 2.19. The van der Waals surface area contributed by atoms with Crippen molar-refractivity contribution >= 4 is 5.69 Å². The van der Waals surface area contributed by atoms with Crippen molar-refractivity contribution in [1.29, 1.82) is 0 Å². The van der Waals surface area contributed by atoms with Gasteiger partial charge in [0.1, 0.15) is 12.7 Å². The number of rotatable bonds is 5. The molecule has 0 spiro atoms. The third kappa shape index (κ3) is 3.07. The number of anilines is 1. The minimum absolute atomic E-state index is 0.759. The Morgan fingerprint density at radius 3 is 2.61 bits per heavy atom. The van der Waals surface area contributed by atoms with Crippen LogP contribution in [0.15, 0.2) is 30.9 Å². The van der Waals surface area contributed by atoms with E-state index in [1.165, 1.54) is 5.56 Å². The molecule has 96 valence electrons. The van der Waals surface area contributed by atoms with Gasteiger partial charge in [-0.15, -0.1) is 10.2 Å². The van der Waals surface area contributed by atoms with Crippen LogP contribution in [0.2, 0.25) is 0 Å². The Hall–Kier alpha value is -1.88. The summed E-state index contributed by atoms with van der Waals surface area (Å²) in [7, 11) is 4.17. The Morgan fingerprint density at radius 2 is 1.94 bits per heavy atom.